The van der Waals surface area contributed by atoms with E-state index < -0.39 is 12.0 Å². The molecule has 0 bridgehead atoms. The summed E-state index contributed by atoms with van der Waals surface area (Å²) >= 11 is 0. The van der Waals surface area contributed by atoms with Crippen molar-refractivity contribution in [2.75, 3.05) is 13.1 Å². The molecule has 1 rings (SSSR count). The summed E-state index contributed by atoms with van der Waals surface area (Å²) in [6.07, 6.45) is 0. The molecule has 18 heavy (non-hydrogen) atoms. The summed E-state index contributed by atoms with van der Waals surface area (Å²) in [5.74, 6) is -0.976. The van der Waals surface area contributed by atoms with Crippen LogP contribution in [0.4, 0.5) is 0 Å². The Bertz CT molecular complexity index is 416. The highest BCUT2D eigenvalue weighted by atomic mass is 16.4. The van der Waals surface area contributed by atoms with Gasteiger partial charge in [0.1, 0.15) is 6.04 Å². The van der Waals surface area contributed by atoms with Gasteiger partial charge in [0.05, 0.1) is 0 Å². The number of aryl methyl sites for hydroxylation is 1. The number of benzene rings is 1. The number of aliphatic carboxylic acids is 1. The topological polar surface area (TPSA) is 75.3 Å². The van der Waals surface area contributed by atoms with Crippen molar-refractivity contribution in [2.45, 2.75) is 32.2 Å². The molecule has 4 heteroatoms. The highest BCUT2D eigenvalue weighted by Crippen LogP contribution is 2.22. The van der Waals surface area contributed by atoms with E-state index in [4.69, 9.17) is 10.8 Å². The van der Waals surface area contributed by atoms with Crippen LogP contribution in [-0.2, 0) is 10.2 Å². The molecule has 1 aromatic carbocycles. The second-order valence-corrected chi connectivity index (χ2v) is 5.33. The first kappa shape index (κ1) is 14.7. The lowest BCUT2D eigenvalue weighted by Crippen LogP contribution is -2.44. The lowest BCUT2D eigenvalue weighted by atomic mass is 9.84. The SMILES string of the molecule is Cc1cccc(C(C)(C)CNCC(N)C(=O)O)c1. The zero-order valence-corrected chi connectivity index (χ0v) is 11.2. The molecule has 0 radical (unpaired) electrons. The van der Waals surface area contributed by atoms with Crippen molar-refractivity contribution in [3.63, 3.8) is 0 Å². The van der Waals surface area contributed by atoms with Gasteiger partial charge in [0.15, 0.2) is 0 Å². The molecule has 100 valence electrons. The summed E-state index contributed by atoms with van der Waals surface area (Å²) in [6, 6.07) is 7.49. The maximum Gasteiger partial charge on any atom is 0.321 e. The highest BCUT2D eigenvalue weighted by Gasteiger charge is 2.21. The molecular weight excluding hydrogens is 228 g/mol. The van der Waals surface area contributed by atoms with E-state index in [0.717, 1.165) is 0 Å². The molecule has 0 saturated carbocycles. The number of carboxylic acid groups (broad SMARTS) is 1. The molecule has 1 unspecified atom stereocenters. The fourth-order valence-corrected chi connectivity index (χ4v) is 1.80. The van der Waals surface area contributed by atoms with Crippen LogP contribution < -0.4 is 11.1 Å². The van der Waals surface area contributed by atoms with Crippen LogP contribution in [0.5, 0.6) is 0 Å². The monoisotopic (exact) mass is 250 g/mol. The van der Waals surface area contributed by atoms with Crippen molar-refractivity contribution in [2.24, 2.45) is 5.73 Å². The molecule has 1 aromatic rings. The summed E-state index contributed by atoms with van der Waals surface area (Å²) < 4.78 is 0. The van der Waals surface area contributed by atoms with Crippen LogP contribution in [0.25, 0.3) is 0 Å². The van der Waals surface area contributed by atoms with Crippen LogP contribution in [0.2, 0.25) is 0 Å². The maximum atomic E-state index is 10.6. The lowest BCUT2D eigenvalue weighted by molar-refractivity contribution is -0.138. The average Bonchev–Trinajstić information content (AvgIpc) is 2.28. The van der Waals surface area contributed by atoms with E-state index in [0.29, 0.717) is 6.54 Å². The average molecular weight is 250 g/mol. The molecule has 0 aliphatic rings. The van der Waals surface area contributed by atoms with Gasteiger partial charge in [0, 0.05) is 18.5 Å². The van der Waals surface area contributed by atoms with Crippen LogP contribution in [0.3, 0.4) is 0 Å². The fraction of sp³-hybridized carbons (Fsp3) is 0.500. The Morgan fingerprint density at radius 1 is 1.50 bits per heavy atom. The van der Waals surface area contributed by atoms with Gasteiger partial charge in [-0.25, -0.2) is 0 Å². The van der Waals surface area contributed by atoms with E-state index in [2.05, 4.69) is 44.3 Å². The number of hydrogen-bond acceptors (Lipinski definition) is 3. The van der Waals surface area contributed by atoms with Crippen molar-refractivity contribution in [3.05, 3.63) is 35.4 Å². The van der Waals surface area contributed by atoms with Gasteiger partial charge in [-0.3, -0.25) is 4.79 Å². The maximum absolute atomic E-state index is 10.6. The first-order valence-corrected chi connectivity index (χ1v) is 6.09. The number of nitrogens with one attached hydrogen (secondary N) is 1. The molecule has 0 aromatic heterocycles. The van der Waals surface area contributed by atoms with Crippen LogP contribution in [0.15, 0.2) is 24.3 Å². The molecule has 0 saturated heterocycles. The first-order chi connectivity index (χ1) is 8.33. The zero-order valence-electron chi connectivity index (χ0n) is 11.2. The van der Waals surface area contributed by atoms with Gasteiger partial charge in [-0.2, -0.15) is 0 Å². The summed E-state index contributed by atoms with van der Waals surface area (Å²) in [7, 11) is 0. The molecular formula is C14H22N2O2. The predicted molar refractivity (Wildman–Crippen MR) is 72.7 cm³/mol. The van der Waals surface area contributed by atoms with Gasteiger partial charge in [-0.1, -0.05) is 43.7 Å². The molecule has 0 heterocycles. The lowest BCUT2D eigenvalue weighted by Gasteiger charge is -2.26. The fourth-order valence-electron chi connectivity index (χ4n) is 1.80. The number of hydrogen-bond donors (Lipinski definition) is 3. The van der Waals surface area contributed by atoms with E-state index in [1.807, 2.05) is 6.07 Å². The van der Waals surface area contributed by atoms with Gasteiger partial charge < -0.3 is 16.2 Å². The molecule has 0 fully saturated rings. The minimum Gasteiger partial charge on any atom is -0.480 e. The molecule has 0 aliphatic heterocycles. The van der Waals surface area contributed by atoms with E-state index >= 15 is 0 Å². The Balaban J connectivity index is 2.57. The van der Waals surface area contributed by atoms with Gasteiger partial charge in [-0.15, -0.1) is 0 Å². The Kier molecular flexibility index (Phi) is 4.87. The van der Waals surface area contributed by atoms with Gasteiger partial charge in [0.25, 0.3) is 0 Å². The number of nitrogens with two attached hydrogens (primary N) is 1. The quantitative estimate of drug-likeness (QED) is 0.711. The number of carbonyl (C=O) groups is 1. The normalized spacial score (nSPS) is 13.3. The summed E-state index contributed by atoms with van der Waals surface area (Å²) in [6.45, 7) is 7.29. The second-order valence-electron chi connectivity index (χ2n) is 5.33. The summed E-state index contributed by atoms with van der Waals surface area (Å²) in [5.41, 5.74) is 7.86. The largest absolute Gasteiger partial charge is 0.480 e. The number of carboxylic acids is 1. The Morgan fingerprint density at radius 2 is 2.17 bits per heavy atom. The molecule has 0 aliphatic carbocycles. The van der Waals surface area contributed by atoms with Crippen LogP contribution >= 0.6 is 0 Å². The van der Waals surface area contributed by atoms with Crippen molar-refractivity contribution in [3.8, 4) is 0 Å². The van der Waals surface area contributed by atoms with Crippen LogP contribution in [0, 0.1) is 6.92 Å². The second kappa shape index (κ2) is 5.98. The smallest absolute Gasteiger partial charge is 0.321 e. The standard InChI is InChI=1S/C14H22N2O2/c1-10-5-4-6-11(7-10)14(2,3)9-16-8-12(15)13(17)18/h4-7,12,16H,8-9,15H2,1-3H3,(H,17,18). The van der Waals surface area contributed by atoms with E-state index in [1.54, 1.807) is 0 Å². The Morgan fingerprint density at radius 3 is 2.72 bits per heavy atom. The van der Waals surface area contributed by atoms with Crippen molar-refractivity contribution >= 4 is 5.97 Å². The van der Waals surface area contributed by atoms with E-state index in [9.17, 15) is 4.79 Å². The Labute approximate surface area is 108 Å². The van der Waals surface area contributed by atoms with Gasteiger partial charge in [-0.05, 0) is 12.5 Å². The van der Waals surface area contributed by atoms with Crippen LogP contribution in [-0.4, -0.2) is 30.2 Å². The van der Waals surface area contributed by atoms with Crippen molar-refractivity contribution in [1.29, 1.82) is 0 Å². The Hall–Kier alpha value is -1.39. The minimum absolute atomic E-state index is 0.0513. The van der Waals surface area contributed by atoms with Crippen molar-refractivity contribution < 1.29 is 9.90 Å². The zero-order chi connectivity index (χ0) is 13.8. The third kappa shape index (κ3) is 4.13. The van der Waals surface area contributed by atoms with E-state index in [1.165, 1.54) is 11.1 Å². The predicted octanol–water partition coefficient (Wildman–Crippen LogP) is 1.27. The molecule has 4 N–H and O–H groups in total. The third-order valence-corrected chi connectivity index (χ3v) is 3.05. The molecule has 0 amide bonds. The van der Waals surface area contributed by atoms with Crippen molar-refractivity contribution in [1.82, 2.24) is 5.32 Å². The minimum atomic E-state index is -0.976. The first-order valence-electron chi connectivity index (χ1n) is 6.09. The van der Waals surface area contributed by atoms with Gasteiger partial charge in [0.2, 0.25) is 0 Å². The van der Waals surface area contributed by atoms with Gasteiger partial charge >= 0.3 is 5.97 Å². The molecule has 1 atom stereocenters. The van der Waals surface area contributed by atoms with Crippen LogP contribution in [0.1, 0.15) is 25.0 Å². The third-order valence-electron chi connectivity index (χ3n) is 3.05. The summed E-state index contributed by atoms with van der Waals surface area (Å²) in [4.78, 5) is 10.6. The molecule has 4 nitrogen and oxygen atoms in total. The number of rotatable bonds is 6. The molecule has 0 spiro atoms. The summed E-state index contributed by atoms with van der Waals surface area (Å²) in [5, 5.41) is 11.8. The highest BCUT2D eigenvalue weighted by molar-refractivity contribution is 5.73. The van der Waals surface area contributed by atoms with E-state index in [-0.39, 0.29) is 12.0 Å².